The lowest BCUT2D eigenvalue weighted by molar-refractivity contribution is 0.0322. The molecule has 1 saturated carbocycles. The van der Waals surface area contributed by atoms with E-state index in [-0.39, 0.29) is 0 Å². The first kappa shape index (κ1) is 18.0. The highest BCUT2D eigenvalue weighted by atomic mass is 15.2. The van der Waals surface area contributed by atoms with Gasteiger partial charge in [0.05, 0.1) is 0 Å². The zero-order valence-corrected chi connectivity index (χ0v) is 14.4. The summed E-state index contributed by atoms with van der Waals surface area (Å²) in [5.74, 6) is 0. The van der Waals surface area contributed by atoms with Gasteiger partial charge >= 0.3 is 0 Å². The zero-order chi connectivity index (χ0) is 15.0. The van der Waals surface area contributed by atoms with E-state index in [4.69, 9.17) is 5.73 Å². The van der Waals surface area contributed by atoms with E-state index >= 15 is 0 Å². The first-order chi connectivity index (χ1) is 9.69. The summed E-state index contributed by atoms with van der Waals surface area (Å²) in [6.07, 6.45) is 13.1. The highest BCUT2D eigenvalue weighted by Crippen LogP contribution is 2.30. The monoisotopic (exact) mass is 282 g/mol. The fraction of sp³-hybridized carbons (Fsp3) is 1.00. The van der Waals surface area contributed by atoms with Gasteiger partial charge in [0.25, 0.3) is 0 Å². The molecule has 2 nitrogen and oxygen atoms in total. The Morgan fingerprint density at radius 3 is 1.80 bits per heavy atom. The van der Waals surface area contributed by atoms with Crippen molar-refractivity contribution in [3.63, 3.8) is 0 Å². The van der Waals surface area contributed by atoms with Crippen LogP contribution in [0.25, 0.3) is 0 Å². The largest absolute Gasteiger partial charge is 0.326 e. The van der Waals surface area contributed by atoms with Crippen molar-refractivity contribution >= 4 is 0 Å². The Bertz CT molecular complexity index is 228. The molecule has 120 valence electrons. The molecule has 4 unspecified atom stereocenters. The number of rotatable bonds is 9. The van der Waals surface area contributed by atoms with Crippen molar-refractivity contribution in [3.05, 3.63) is 0 Å². The first-order valence-electron chi connectivity index (χ1n) is 9.22. The average Bonchev–Trinajstić information content (AvgIpc) is 2.47. The van der Waals surface area contributed by atoms with Crippen LogP contribution in [0.5, 0.6) is 0 Å². The molecule has 1 fully saturated rings. The topological polar surface area (TPSA) is 29.3 Å². The first-order valence-corrected chi connectivity index (χ1v) is 9.22. The van der Waals surface area contributed by atoms with Crippen molar-refractivity contribution < 1.29 is 0 Å². The zero-order valence-electron chi connectivity index (χ0n) is 14.4. The van der Waals surface area contributed by atoms with Crippen LogP contribution < -0.4 is 5.73 Å². The lowest BCUT2D eigenvalue weighted by Gasteiger charge is -2.47. The average molecular weight is 283 g/mol. The molecule has 0 spiro atoms. The highest BCUT2D eigenvalue weighted by molar-refractivity contribution is 4.92. The van der Waals surface area contributed by atoms with E-state index in [1.807, 2.05) is 0 Å². The molecule has 0 bridgehead atoms. The molecular weight excluding hydrogens is 244 g/mol. The van der Waals surface area contributed by atoms with E-state index in [9.17, 15) is 0 Å². The van der Waals surface area contributed by atoms with Crippen molar-refractivity contribution in [1.82, 2.24) is 4.90 Å². The van der Waals surface area contributed by atoms with Gasteiger partial charge in [-0.25, -0.2) is 0 Å². The van der Waals surface area contributed by atoms with E-state index in [2.05, 4.69) is 32.6 Å². The Balaban J connectivity index is 2.90. The number of hydrogen-bond acceptors (Lipinski definition) is 2. The molecule has 0 aromatic carbocycles. The molecule has 0 aromatic rings. The number of hydrogen-bond donors (Lipinski definition) is 1. The summed E-state index contributed by atoms with van der Waals surface area (Å²) in [5, 5.41) is 0. The molecule has 0 saturated heterocycles. The van der Waals surface area contributed by atoms with Gasteiger partial charge in [-0.3, -0.25) is 4.90 Å². The lowest BCUT2D eigenvalue weighted by Crippen LogP contribution is -2.57. The van der Waals surface area contributed by atoms with Crippen LogP contribution in [0.1, 0.15) is 91.9 Å². The van der Waals surface area contributed by atoms with Crippen LogP contribution in [0.4, 0.5) is 0 Å². The van der Waals surface area contributed by atoms with Gasteiger partial charge in [-0.15, -0.1) is 0 Å². The number of nitrogens with zero attached hydrogens (tertiary/aromatic N) is 1. The molecule has 20 heavy (non-hydrogen) atoms. The van der Waals surface area contributed by atoms with E-state index in [0.29, 0.717) is 12.1 Å². The van der Waals surface area contributed by atoms with Crippen molar-refractivity contribution in [2.45, 2.75) is 116 Å². The predicted octanol–water partition coefficient (Wildman–Crippen LogP) is 4.72. The van der Waals surface area contributed by atoms with Gasteiger partial charge in [-0.05, 0) is 38.5 Å². The molecule has 2 N–H and O–H groups in total. The standard InChI is InChI=1S/C18H38N2/c1-5-11-15(7-3)20(16(8-4)12-6-2)18-14-10-9-13-17(18)19/h15-18H,5-14,19H2,1-4H3. The molecule has 2 heteroatoms. The maximum Gasteiger partial charge on any atom is 0.0253 e. The molecule has 1 aliphatic rings. The van der Waals surface area contributed by atoms with Crippen LogP contribution in [0, 0.1) is 0 Å². The van der Waals surface area contributed by atoms with Crippen LogP contribution in [0.2, 0.25) is 0 Å². The third-order valence-electron chi connectivity index (χ3n) is 5.19. The van der Waals surface area contributed by atoms with Crippen molar-refractivity contribution in [2.75, 3.05) is 0 Å². The molecule has 0 heterocycles. The summed E-state index contributed by atoms with van der Waals surface area (Å²) < 4.78 is 0. The second-order valence-corrected chi connectivity index (χ2v) is 6.66. The summed E-state index contributed by atoms with van der Waals surface area (Å²) >= 11 is 0. The Labute approximate surface area is 127 Å². The smallest absolute Gasteiger partial charge is 0.0253 e. The summed E-state index contributed by atoms with van der Waals surface area (Å²) in [5.41, 5.74) is 6.52. The summed E-state index contributed by atoms with van der Waals surface area (Å²) in [6, 6.07) is 2.52. The SMILES string of the molecule is CCCC(CC)N(C(CC)CCC)C1CCCCC1N. The third-order valence-corrected chi connectivity index (χ3v) is 5.19. The highest BCUT2D eigenvalue weighted by Gasteiger charge is 2.34. The normalized spacial score (nSPS) is 26.7. The summed E-state index contributed by atoms with van der Waals surface area (Å²) in [6.45, 7) is 9.37. The van der Waals surface area contributed by atoms with Crippen molar-refractivity contribution in [2.24, 2.45) is 5.73 Å². The fourth-order valence-electron chi connectivity index (χ4n) is 4.14. The van der Waals surface area contributed by atoms with Crippen LogP contribution in [-0.2, 0) is 0 Å². The Hall–Kier alpha value is -0.0800. The minimum absolute atomic E-state index is 0.403. The van der Waals surface area contributed by atoms with Gasteiger partial charge in [0, 0.05) is 24.2 Å². The van der Waals surface area contributed by atoms with Gasteiger partial charge in [-0.2, -0.15) is 0 Å². The van der Waals surface area contributed by atoms with Gasteiger partial charge in [0.15, 0.2) is 0 Å². The molecule has 0 aromatic heterocycles. The van der Waals surface area contributed by atoms with E-state index < -0.39 is 0 Å². The predicted molar refractivity (Wildman–Crippen MR) is 90.0 cm³/mol. The van der Waals surface area contributed by atoms with Crippen LogP contribution >= 0.6 is 0 Å². The van der Waals surface area contributed by atoms with Crippen LogP contribution in [0.3, 0.4) is 0 Å². The van der Waals surface area contributed by atoms with Crippen LogP contribution in [-0.4, -0.2) is 29.1 Å². The molecule has 4 atom stereocenters. The third kappa shape index (κ3) is 4.73. The minimum Gasteiger partial charge on any atom is -0.326 e. The quantitative estimate of drug-likeness (QED) is 0.663. The van der Waals surface area contributed by atoms with E-state index in [0.717, 1.165) is 12.1 Å². The van der Waals surface area contributed by atoms with Gasteiger partial charge in [0.2, 0.25) is 0 Å². The second kappa shape index (κ2) is 9.78. The second-order valence-electron chi connectivity index (χ2n) is 6.66. The molecule has 1 rings (SSSR count). The molecular formula is C18H38N2. The molecule has 0 aliphatic heterocycles. The summed E-state index contributed by atoms with van der Waals surface area (Å²) in [4.78, 5) is 2.87. The van der Waals surface area contributed by atoms with Crippen LogP contribution in [0.15, 0.2) is 0 Å². The molecule has 0 amide bonds. The number of nitrogens with two attached hydrogens (primary N) is 1. The molecule has 1 aliphatic carbocycles. The van der Waals surface area contributed by atoms with Crippen molar-refractivity contribution in [3.8, 4) is 0 Å². The lowest BCUT2D eigenvalue weighted by atomic mass is 9.86. The Morgan fingerprint density at radius 1 is 0.900 bits per heavy atom. The maximum atomic E-state index is 6.52. The Morgan fingerprint density at radius 2 is 1.40 bits per heavy atom. The summed E-state index contributed by atoms with van der Waals surface area (Å²) in [7, 11) is 0. The van der Waals surface area contributed by atoms with Gasteiger partial charge in [0.1, 0.15) is 0 Å². The fourth-order valence-corrected chi connectivity index (χ4v) is 4.14. The Kier molecular flexibility index (Phi) is 8.79. The van der Waals surface area contributed by atoms with Gasteiger partial charge < -0.3 is 5.73 Å². The van der Waals surface area contributed by atoms with Crippen molar-refractivity contribution in [1.29, 1.82) is 0 Å². The minimum atomic E-state index is 0.403. The van der Waals surface area contributed by atoms with E-state index in [1.54, 1.807) is 0 Å². The molecule has 0 radical (unpaired) electrons. The maximum absolute atomic E-state index is 6.52. The van der Waals surface area contributed by atoms with Gasteiger partial charge in [-0.1, -0.05) is 53.4 Å². The van der Waals surface area contributed by atoms with E-state index in [1.165, 1.54) is 64.2 Å².